The molecule has 3 heteroatoms. The summed E-state index contributed by atoms with van der Waals surface area (Å²) in [6.07, 6.45) is 0. The molecule has 1 aromatic heterocycles. The minimum atomic E-state index is -0.493. The molecule has 2 aliphatic carbocycles. The summed E-state index contributed by atoms with van der Waals surface area (Å²) in [6.45, 7) is 0. The first-order valence-electron chi connectivity index (χ1n) is 19.9. The molecule has 272 valence electrons. The maximum atomic E-state index is 2.48. The third-order valence-corrected chi connectivity index (χ3v) is 13.4. The summed E-state index contributed by atoms with van der Waals surface area (Å²) in [5.74, 6) is 0. The van der Waals surface area contributed by atoms with Crippen molar-refractivity contribution < 1.29 is 0 Å². The molecule has 2 nitrogen and oxygen atoms in total. The van der Waals surface area contributed by atoms with E-state index in [4.69, 9.17) is 0 Å². The zero-order chi connectivity index (χ0) is 38.2. The number of hydrogen-bond donors (Lipinski definition) is 0. The van der Waals surface area contributed by atoms with E-state index in [0.29, 0.717) is 0 Å². The van der Waals surface area contributed by atoms with Crippen LogP contribution in [0.25, 0.3) is 42.4 Å². The van der Waals surface area contributed by atoms with E-state index in [1.54, 1.807) is 0 Å². The summed E-state index contributed by atoms with van der Waals surface area (Å²) in [6, 6.07) is 80.5. The van der Waals surface area contributed by atoms with Crippen molar-refractivity contribution in [3.63, 3.8) is 0 Å². The fourth-order valence-corrected chi connectivity index (χ4v) is 11.0. The Morgan fingerprint density at radius 3 is 1.40 bits per heavy atom. The lowest BCUT2D eigenvalue weighted by molar-refractivity contribution is 0.793. The molecule has 58 heavy (non-hydrogen) atoms. The fraction of sp³-hybridized carbons (Fsp3) is 0.0182. The van der Waals surface area contributed by atoms with Crippen LogP contribution >= 0.6 is 11.3 Å². The largest absolute Gasteiger partial charge is 0.310 e. The van der Waals surface area contributed by atoms with Gasteiger partial charge >= 0.3 is 0 Å². The van der Waals surface area contributed by atoms with Gasteiger partial charge in [0.2, 0.25) is 0 Å². The van der Waals surface area contributed by atoms with Crippen molar-refractivity contribution in [1.82, 2.24) is 0 Å². The van der Waals surface area contributed by atoms with Crippen LogP contribution in [0.1, 0.15) is 22.3 Å². The van der Waals surface area contributed by atoms with Crippen LogP contribution < -0.4 is 9.80 Å². The minimum Gasteiger partial charge on any atom is -0.310 e. The lowest BCUT2D eigenvalue weighted by Gasteiger charge is -2.32. The van der Waals surface area contributed by atoms with Crippen molar-refractivity contribution in [3.05, 3.63) is 241 Å². The predicted molar refractivity (Wildman–Crippen MR) is 245 cm³/mol. The van der Waals surface area contributed by atoms with Gasteiger partial charge in [-0.3, -0.25) is 0 Å². The Bertz CT molecular complexity index is 3150. The second-order valence-corrected chi connectivity index (χ2v) is 16.3. The van der Waals surface area contributed by atoms with Crippen LogP contribution in [0, 0.1) is 0 Å². The Morgan fingerprint density at radius 2 is 0.724 bits per heavy atom. The molecule has 0 fully saturated rings. The highest BCUT2D eigenvalue weighted by Gasteiger charge is 2.52. The summed E-state index contributed by atoms with van der Waals surface area (Å²) in [5, 5.41) is 2.59. The number of nitrogens with zero attached hydrogens (tertiary/aromatic N) is 2. The van der Waals surface area contributed by atoms with E-state index in [1.807, 2.05) is 11.3 Å². The van der Waals surface area contributed by atoms with Crippen molar-refractivity contribution >= 4 is 65.6 Å². The average Bonchev–Trinajstić information content (AvgIpc) is 3.91. The van der Waals surface area contributed by atoms with E-state index in [1.165, 1.54) is 64.7 Å². The molecule has 0 saturated heterocycles. The van der Waals surface area contributed by atoms with E-state index in [2.05, 4.69) is 228 Å². The predicted octanol–water partition coefficient (Wildman–Crippen LogP) is 15.3. The van der Waals surface area contributed by atoms with Crippen molar-refractivity contribution in [2.45, 2.75) is 5.41 Å². The molecule has 10 aromatic rings. The fourth-order valence-electron chi connectivity index (χ4n) is 9.88. The molecule has 0 saturated carbocycles. The number of anilines is 6. The summed E-state index contributed by atoms with van der Waals surface area (Å²) in [5.41, 5.74) is 16.7. The van der Waals surface area contributed by atoms with Crippen LogP contribution in [0.5, 0.6) is 0 Å². The third-order valence-electron chi connectivity index (χ3n) is 12.2. The molecule has 0 bridgehead atoms. The van der Waals surface area contributed by atoms with Gasteiger partial charge in [-0.1, -0.05) is 133 Å². The molecule has 0 radical (unpaired) electrons. The first-order valence-corrected chi connectivity index (χ1v) is 20.7. The Labute approximate surface area is 342 Å². The lowest BCUT2D eigenvalue weighted by atomic mass is 9.70. The van der Waals surface area contributed by atoms with Crippen LogP contribution in [-0.2, 0) is 5.41 Å². The molecule has 0 amide bonds. The third kappa shape index (κ3) is 4.78. The summed E-state index contributed by atoms with van der Waals surface area (Å²) >= 11 is 1.86. The molecular formula is C55H36N2S. The number of hydrogen-bond acceptors (Lipinski definition) is 3. The van der Waals surface area contributed by atoms with Gasteiger partial charge in [0.25, 0.3) is 0 Å². The molecule has 12 rings (SSSR count). The molecule has 0 N–H and O–H groups in total. The van der Waals surface area contributed by atoms with Crippen molar-refractivity contribution in [1.29, 1.82) is 0 Å². The van der Waals surface area contributed by atoms with E-state index < -0.39 is 5.41 Å². The Morgan fingerprint density at radius 1 is 0.276 bits per heavy atom. The SMILES string of the molecule is c1ccc(N(c2ccccc2)c2ccc3c(c2)-c2ccccc2C32c3ccccc3-c3ccc(N(c4ccccc4)c4ccc5sc6ccccc6c5c4)cc32)cc1. The zero-order valence-corrected chi connectivity index (χ0v) is 32.4. The summed E-state index contributed by atoms with van der Waals surface area (Å²) in [7, 11) is 0. The van der Waals surface area contributed by atoms with Crippen LogP contribution in [-0.4, -0.2) is 0 Å². The monoisotopic (exact) mass is 756 g/mol. The quantitative estimate of drug-likeness (QED) is 0.167. The first kappa shape index (κ1) is 33.0. The second-order valence-electron chi connectivity index (χ2n) is 15.3. The molecule has 9 aromatic carbocycles. The standard InChI is InChI=1S/C55H36N2S/c1-4-16-37(17-5-1)56(38-18-6-2-7-19-38)40-29-32-51-47(34-40)44-23-11-14-26-50(44)55(51)49-25-13-10-22-43(49)45-31-28-42(36-52(45)55)57(39-20-8-3-9-21-39)41-30-33-54-48(35-41)46-24-12-15-27-53(46)58-54/h1-36H. The molecular weight excluding hydrogens is 721 g/mol. The Kier molecular flexibility index (Phi) is 7.35. The average molecular weight is 757 g/mol. The van der Waals surface area contributed by atoms with Crippen LogP contribution in [0.3, 0.4) is 0 Å². The van der Waals surface area contributed by atoms with Crippen molar-refractivity contribution in [2.24, 2.45) is 0 Å². The number of para-hydroxylation sites is 3. The first-order chi connectivity index (χ1) is 28.8. The number of fused-ring (bicyclic) bond motifs is 13. The van der Waals surface area contributed by atoms with E-state index in [9.17, 15) is 0 Å². The molecule has 1 spiro atoms. The molecule has 1 unspecified atom stereocenters. The highest BCUT2D eigenvalue weighted by atomic mass is 32.1. The van der Waals surface area contributed by atoms with Gasteiger partial charge in [-0.15, -0.1) is 11.3 Å². The maximum absolute atomic E-state index is 2.48. The highest BCUT2D eigenvalue weighted by Crippen LogP contribution is 2.64. The summed E-state index contributed by atoms with van der Waals surface area (Å²) in [4.78, 5) is 4.80. The maximum Gasteiger partial charge on any atom is 0.0726 e. The van der Waals surface area contributed by atoms with Crippen LogP contribution in [0.15, 0.2) is 218 Å². The Balaban J connectivity index is 1.09. The Hall–Kier alpha value is -7.20. The number of benzene rings is 9. The van der Waals surface area contributed by atoms with Gasteiger partial charge in [0.05, 0.1) is 5.41 Å². The highest BCUT2D eigenvalue weighted by molar-refractivity contribution is 7.25. The van der Waals surface area contributed by atoms with Crippen LogP contribution in [0.2, 0.25) is 0 Å². The van der Waals surface area contributed by atoms with Gasteiger partial charge in [0.1, 0.15) is 0 Å². The molecule has 1 heterocycles. The van der Waals surface area contributed by atoms with Crippen molar-refractivity contribution in [3.8, 4) is 22.3 Å². The van der Waals surface area contributed by atoms with Gasteiger partial charge < -0.3 is 9.80 Å². The minimum absolute atomic E-state index is 0.493. The molecule has 2 aliphatic rings. The molecule has 1 atom stereocenters. The van der Waals surface area contributed by atoms with Crippen LogP contribution in [0.4, 0.5) is 34.1 Å². The van der Waals surface area contributed by atoms with E-state index in [-0.39, 0.29) is 0 Å². The van der Waals surface area contributed by atoms with Crippen molar-refractivity contribution in [2.75, 3.05) is 9.80 Å². The van der Waals surface area contributed by atoms with Gasteiger partial charge in [-0.25, -0.2) is 0 Å². The van der Waals surface area contributed by atoms with Gasteiger partial charge in [0.15, 0.2) is 0 Å². The smallest absolute Gasteiger partial charge is 0.0726 e. The topological polar surface area (TPSA) is 6.48 Å². The molecule has 0 aliphatic heterocycles. The van der Waals surface area contributed by atoms with Gasteiger partial charge in [0, 0.05) is 54.3 Å². The van der Waals surface area contributed by atoms with Gasteiger partial charge in [-0.05, 0) is 129 Å². The second kappa shape index (κ2) is 12.9. The normalized spacial score (nSPS) is 14.6. The number of rotatable bonds is 6. The van der Waals surface area contributed by atoms with E-state index >= 15 is 0 Å². The lowest BCUT2D eigenvalue weighted by Crippen LogP contribution is -2.26. The number of thiophene rings is 1. The summed E-state index contributed by atoms with van der Waals surface area (Å²) < 4.78 is 2.62. The van der Waals surface area contributed by atoms with E-state index in [0.717, 1.165) is 34.1 Å². The van der Waals surface area contributed by atoms with Gasteiger partial charge in [-0.2, -0.15) is 0 Å². The zero-order valence-electron chi connectivity index (χ0n) is 31.6.